The average Bonchev–Trinajstić information content (AvgIpc) is 2.77. The van der Waals surface area contributed by atoms with Crippen molar-refractivity contribution in [2.24, 2.45) is 0 Å². The van der Waals surface area contributed by atoms with Crippen molar-refractivity contribution in [1.82, 2.24) is 19.3 Å². The van der Waals surface area contributed by atoms with Gasteiger partial charge in [-0.25, -0.2) is 18.4 Å². The molecule has 0 atom stereocenters. The van der Waals surface area contributed by atoms with E-state index in [1.54, 1.807) is 18.2 Å². The lowest BCUT2D eigenvalue weighted by Crippen LogP contribution is -2.48. The van der Waals surface area contributed by atoms with Crippen molar-refractivity contribution < 1.29 is 17.9 Å². The quantitative estimate of drug-likeness (QED) is 0.582. The monoisotopic (exact) mass is 481 g/mol. The number of fused-ring (bicyclic) bond motifs is 1. The van der Waals surface area contributed by atoms with Crippen LogP contribution < -0.4 is 19.9 Å². The first-order chi connectivity index (χ1) is 14.8. The fourth-order valence-corrected chi connectivity index (χ4v) is 4.42. The molecule has 1 saturated heterocycles. The molecule has 1 aromatic carbocycles. The number of methoxy groups -OCH3 is 2. The van der Waals surface area contributed by atoms with E-state index in [9.17, 15) is 13.2 Å². The molecule has 0 bridgehead atoms. The van der Waals surface area contributed by atoms with Crippen LogP contribution in [0.15, 0.2) is 35.1 Å². The average molecular weight is 482 g/mol. The van der Waals surface area contributed by atoms with Gasteiger partial charge in [-0.15, -0.1) is 12.4 Å². The number of aromatic amines is 1. The fraction of sp³-hybridized carbons (Fsp3) is 0.350. The zero-order chi connectivity index (χ0) is 22.2. The Kier molecular flexibility index (Phi) is 6.91. The molecule has 12 heteroatoms. The van der Waals surface area contributed by atoms with Crippen LogP contribution in [-0.4, -0.2) is 74.3 Å². The third-order valence-corrected chi connectivity index (χ3v) is 6.51. The van der Waals surface area contributed by atoms with Gasteiger partial charge in [0.25, 0.3) is 5.56 Å². The third kappa shape index (κ3) is 4.64. The number of H-pyrrole nitrogens is 1. The minimum atomic E-state index is -3.20. The molecule has 1 N–H and O–H groups in total. The van der Waals surface area contributed by atoms with Crippen molar-refractivity contribution in [2.75, 3.05) is 51.6 Å². The molecule has 0 amide bonds. The van der Waals surface area contributed by atoms with Gasteiger partial charge < -0.3 is 19.4 Å². The number of nitrogens with one attached hydrogen (secondary N) is 1. The van der Waals surface area contributed by atoms with Gasteiger partial charge in [0.1, 0.15) is 28.4 Å². The van der Waals surface area contributed by atoms with Gasteiger partial charge in [0, 0.05) is 38.3 Å². The summed E-state index contributed by atoms with van der Waals surface area (Å²) in [5.74, 6) is 1.92. The lowest BCUT2D eigenvalue weighted by atomic mass is 10.2. The maximum atomic E-state index is 12.8. The third-order valence-electron chi connectivity index (χ3n) is 5.21. The Morgan fingerprint density at radius 2 is 1.75 bits per heavy atom. The van der Waals surface area contributed by atoms with Gasteiger partial charge >= 0.3 is 0 Å². The summed E-state index contributed by atoms with van der Waals surface area (Å²) in [4.78, 5) is 26.8. The molecule has 3 heterocycles. The van der Waals surface area contributed by atoms with E-state index in [-0.39, 0.29) is 18.0 Å². The molecule has 172 valence electrons. The molecule has 4 rings (SSSR count). The van der Waals surface area contributed by atoms with Crippen molar-refractivity contribution in [3.05, 3.63) is 40.7 Å². The highest BCUT2D eigenvalue weighted by Gasteiger charge is 2.24. The Balaban J connectivity index is 0.00000289. The standard InChI is InChI=1S/C20H23N5O5S.ClH/c1-29-13-11-15-18(16(12-13)30-2)20(26)23-19(22-15)14-5-4-6-17(21-14)24-7-9-25(10-8-24)31(3,27)28;/h4-6,11-12H,7-10H2,1-3H3,(H,22,23,26);1H. The molecule has 10 nitrogen and oxygen atoms in total. The molecule has 0 aliphatic carbocycles. The molecule has 1 aliphatic rings. The topological polar surface area (TPSA) is 118 Å². The predicted octanol–water partition coefficient (Wildman–Crippen LogP) is 1.51. The van der Waals surface area contributed by atoms with Crippen LogP contribution in [0, 0.1) is 0 Å². The molecule has 1 fully saturated rings. The first-order valence-corrected chi connectivity index (χ1v) is 11.5. The van der Waals surface area contributed by atoms with E-state index in [1.807, 2.05) is 17.0 Å². The second-order valence-corrected chi connectivity index (χ2v) is 9.15. The second-order valence-electron chi connectivity index (χ2n) is 7.17. The summed E-state index contributed by atoms with van der Waals surface area (Å²) in [5.41, 5.74) is 0.598. The first-order valence-electron chi connectivity index (χ1n) is 9.63. The predicted molar refractivity (Wildman–Crippen MR) is 125 cm³/mol. The summed E-state index contributed by atoms with van der Waals surface area (Å²) in [6.07, 6.45) is 1.22. The molecule has 0 spiro atoms. The van der Waals surface area contributed by atoms with Crippen LogP contribution in [0.4, 0.5) is 5.82 Å². The van der Waals surface area contributed by atoms with Gasteiger partial charge in [-0.05, 0) is 12.1 Å². The van der Waals surface area contributed by atoms with Crippen LogP contribution >= 0.6 is 12.4 Å². The molecule has 0 saturated carbocycles. The molecule has 0 unspecified atom stereocenters. The molecule has 3 aromatic rings. The van der Waals surface area contributed by atoms with E-state index in [4.69, 9.17) is 9.47 Å². The summed E-state index contributed by atoms with van der Waals surface area (Å²) >= 11 is 0. The highest BCUT2D eigenvalue weighted by Crippen LogP contribution is 2.29. The van der Waals surface area contributed by atoms with Gasteiger partial charge in [0.2, 0.25) is 10.0 Å². The number of piperazine rings is 1. The van der Waals surface area contributed by atoms with Gasteiger partial charge in [-0.1, -0.05) is 6.07 Å². The van der Waals surface area contributed by atoms with Gasteiger partial charge in [0.05, 0.1) is 26.0 Å². The van der Waals surface area contributed by atoms with Crippen molar-refractivity contribution in [2.45, 2.75) is 0 Å². The molecular formula is C20H24ClN5O5S. The Bertz CT molecular complexity index is 1290. The highest BCUT2D eigenvalue weighted by molar-refractivity contribution is 7.88. The van der Waals surface area contributed by atoms with Crippen LogP contribution in [-0.2, 0) is 10.0 Å². The van der Waals surface area contributed by atoms with Gasteiger partial charge in [0.15, 0.2) is 5.82 Å². The van der Waals surface area contributed by atoms with Crippen molar-refractivity contribution in [1.29, 1.82) is 0 Å². The number of aromatic nitrogens is 3. The summed E-state index contributed by atoms with van der Waals surface area (Å²) in [6.45, 7) is 1.85. The number of hydrogen-bond donors (Lipinski definition) is 1. The largest absolute Gasteiger partial charge is 0.497 e. The molecular weight excluding hydrogens is 458 g/mol. The minimum Gasteiger partial charge on any atom is -0.497 e. The lowest BCUT2D eigenvalue weighted by Gasteiger charge is -2.34. The van der Waals surface area contributed by atoms with Crippen LogP contribution in [0.25, 0.3) is 22.4 Å². The number of ether oxygens (including phenoxy) is 2. The summed E-state index contributed by atoms with van der Waals surface area (Å²) in [6, 6.07) is 8.75. The molecule has 2 aromatic heterocycles. The van der Waals surface area contributed by atoms with Crippen molar-refractivity contribution in [3.8, 4) is 23.0 Å². The highest BCUT2D eigenvalue weighted by atomic mass is 35.5. The Morgan fingerprint density at radius 3 is 2.38 bits per heavy atom. The summed E-state index contributed by atoms with van der Waals surface area (Å²) < 4.78 is 35.5. The number of benzene rings is 1. The number of pyridine rings is 1. The number of halogens is 1. The lowest BCUT2D eigenvalue weighted by molar-refractivity contribution is 0.387. The number of anilines is 1. The second kappa shape index (κ2) is 9.31. The molecule has 1 aliphatic heterocycles. The summed E-state index contributed by atoms with van der Waals surface area (Å²) in [7, 11) is -0.190. The van der Waals surface area contributed by atoms with Crippen molar-refractivity contribution in [3.63, 3.8) is 0 Å². The number of nitrogens with zero attached hydrogens (tertiary/aromatic N) is 4. The minimum absolute atomic E-state index is 0. The smallest absolute Gasteiger partial charge is 0.262 e. The van der Waals surface area contributed by atoms with E-state index < -0.39 is 10.0 Å². The van der Waals surface area contributed by atoms with E-state index in [0.717, 1.165) is 0 Å². The zero-order valence-corrected chi connectivity index (χ0v) is 19.5. The maximum Gasteiger partial charge on any atom is 0.262 e. The SMILES string of the molecule is COc1cc(OC)c2c(=O)[nH]c(-c3cccc(N4CCN(S(C)(=O)=O)CC4)n3)nc2c1.Cl. The Labute approximate surface area is 191 Å². The van der Waals surface area contributed by atoms with E-state index in [1.165, 1.54) is 24.8 Å². The van der Waals surface area contributed by atoms with Crippen molar-refractivity contribution >= 4 is 39.2 Å². The van der Waals surface area contributed by atoms with E-state index in [2.05, 4.69) is 15.0 Å². The Hall–Kier alpha value is -2.89. The van der Waals surface area contributed by atoms with E-state index in [0.29, 0.717) is 65.9 Å². The zero-order valence-electron chi connectivity index (χ0n) is 17.9. The maximum absolute atomic E-state index is 12.8. The number of rotatable bonds is 5. The normalized spacial score (nSPS) is 14.8. The fourth-order valence-electron chi connectivity index (χ4n) is 3.59. The van der Waals surface area contributed by atoms with Gasteiger partial charge in [-0.3, -0.25) is 4.79 Å². The molecule has 0 radical (unpaired) electrons. The first kappa shape index (κ1) is 23.8. The number of sulfonamides is 1. The van der Waals surface area contributed by atoms with Crippen LogP contribution in [0.3, 0.4) is 0 Å². The van der Waals surface area contributed by atoms with Crippen LogP contribution in [0.1, 0.15) is 0 Å². The van der Waals surface area contributed by atoms with E-state index >= 15 is 0 Å². The van der Waals surface area contributed by atoms with Crippen LogP contribution in [0.5, 0.6) is 11.5 Å². The number of hydrogen-bond acceptors (Lipinski definition) is 8. The molecule has 32 heavy (non-hydrogen) atoms. The van der Waals surface area contributed by atoms with Gasteiger partial charge in [-0.2, -0.15) is 4.31 Å². The Morgan fingerprint density at radius 1 is 1.03 bits per heavy atom. The van der Waals surface area contributed by atoms with Crippen LogP contribution in [0.2, 0.25) is 0 Å². The summed E-state index contributed by atoms with van der Waals surface area (Å²) in [5, 5.41) is 0.333.